The van der Waals surface area contributed by atoms with Gasteiger partial charge in [0.05, 0.1) is 17.8 Å². The van der Waals surface area contributed by atoms with Crippen LogP contribution in [0.15, 0.2) is 35.7 Å². The van der Waals surface area contributed by atoms with Gasteiger partial charge in [0.25, 0.3) is 0 Å². The van der Waals surface area contributed by atoms with E-state index in [9.17, 15) is 4.79 Å². The van der Waals surface area contributed by atoms with Crippen molar-refractivity contribution in [3.05, 3.63) is 47.0 Å². The molecule has 0 spiro atoms. The zero-order valence-electron chi connectivity index (χ0n) is 16.4. The van der Waals surface area contributed by atoms with Crippen molar-refractivity contribution in [2.75, 3.05) is 25.0 Å². The molecular formula is C21H29N3O2S. The molecule has 3 rings (SSSR count). The van der Waals surface area contributed by atoms with Gasteiger partial charge in [-0.1, -0.05) is 30.3 Å². The fourth-order valence-electron chi connectivity index (χ4n) is 3.98. The fraction of sp³-hybridized carbons (Fsp3) is 0.524. The number of hydrogen-bond acceptors (Lipinski definition) is 5. The fourth-order valence-corrected chi connectivity index (χ4v) is 4.68. The molecule has 1 aromatic carbocycles. The monoisotopic (exact) mass is 387 g/mol. The minimum absolute atomic E-state index is 0.0505. The highest BCUT2D eigenvalue weighted by Crippen LogP contribution is 2.43. The Hall–Kier alpha value is -1.76. The number of benzene rings is 1. The summed E-state index contributed by atoms with van der Waals surface area (Å²) in [6, 6.07) is 10.7. The lowest BCUT2D eigenvalue weighted by Crippen LogP contribution is -2.45. The number of nitrogens with one attached hydrogen (secondary N) is 2. The number of carbonyl (C=O) groups excluding carboxylic acids is 1. The first-order chi connectivity index (χ1) is 12.9. The van der Waals surface area contributed by atoms with Gasteiger partial charge in [-0.2, -0.15) is 0 Å². The van der Waals surface area contributed by atoms with Crippen LogP contribution < -0.4 is 10.6 Å². The van der Waals surface area contributed by atoms with E-state index in [1.807, 2.05) is 12.3 Å². The molecule has 2 aromatic rings. The van der Waals surface area contributed by atoms with Crippen molar-refractivity contribution < 1.29 is 9.53 Å². The number of aryl methyl sites for hydroxylation is 1. The van der Waals surface area contributed by atoms with Gasteiger partial charge in [-0.05, 0) is 52.1 Å². The van der Waals surface area contributed by atoms with Gasteiger partial charge in [0, 0.05) is 17.4 Å². The van der Waals surface area contributed by atoms with E-state index >= 15 is 0 Å². The molecule has 2 heterocycles. The number of carbonyl (C=O) groups is 1. The molecule has 1 fully saturated rings. The van der Waals surface area contributed by atoms with Crippen LogP contribution in [0.2, 0.25) is 0 Å². The molecule has 146 valence electrons. The van der Waals surface area contributed by atoms with Gasteiger partial charge in [-0.3, -0.25) is 4.79 Å². The summed E-state index contributed by atoms with van der Waals surface area (Å²) in [4.78, 5) is 16.4. The second-order valence-electron chi connectivity index (χ2n) is 7.95. The Morgan fingerprint density at radius 2 is 2.07 bits per heavy atom. The predicted octanol–water partition coefficient (Wildman–Crippen LogP) is 3.90. The number of thiazole rings is 1. The molecule has 1 saturated heterocycles. The molecule has 5 nitrogen and oxygen atoms in total. The molecule has 1 aliphatic heterocycles. The summed E-state index contributed by atoms with van der Waals surface area (Å²) in [7, 11) is 0. The molecule has 0 bridgehead atoms. The second kappa shape index (κ2) is 8.50. The SMILES string of the molecule is Cc1csc(NC(=O)CNCCC2(c3ccccc3)CCOC(C)(C)C2)n1. The first-order valence-corrected chi connectivity index (χ1v) is 10.4. The summed E-state index contributed by atoms with van der Waals surface area (Å²) in [6.07, 6.45) is 2.97. The van der Waals surface area contributed by atoms with E-state index in [1.165, 1.54) is 16.9 Å². The van der Waals surface area contributed by atoms with Crippen molar-refractivity contribution in [2.24, 2.45) is 0 Å². The Bertz CT molecular complexity index is 760. The van der Waals surface area contributed by atoms with E-state index in [0.717, 1.165) is 38.1 Å². The third-order valence-corrected chi connectivity index (χ3v) is 6.03. The van der Waals surface area contributed by atoms with Crippen LogP contribution in [-0.2, 0) is 14.9 Å². The van der Waals surface area contributed by atoms with Gasteiger partial charge in [0.2, 0.25) is 5.91 Å². The maximum absolute atomic E-state index is 12.1. The minimum Gasteiger partial charge on any atom is -0.376 e. The molecule has 1 aliphatic rings. The van der Waals surface area contributed by atoms with Crippen molar-refractivity contribution in [3.63, 3.8) is 0 Å². The molecule has 1 amide bonds. The van der Waals surface area contributed by atoms with Crippen LogP contribution in [0.5, 0.6) is 0 Å². The van der Waals surface area contributed by atoms with Gasteiger partial charge in [-0.25, -0.2) is 4.98 Å². The van der Waals surface area contributed by atoms with E-state index in [-0.39, 0.29) is 16.9 Å². The van der Waals surface area contributed by atoms with Gasteiger partial charge < -0.3 is 15.4 Å². The van der Waals surface area contributed by atoms with Gasteiger partial charge in [0.1, 0.15) is 0 Å². The number of amides is 1. The average molecular weight is 388 g/mol. The number of ether oxygens (including phenoxy) is 1. The maximum atomic E-state index is 12.1. The third-order valence-electron chi connectivity index (χ3n) is 5.15. The largest absolute Gasteiger partial charge is 0.376 e. The van der Waals surface area contributed by atoms with Crippen molar-refractivity contribution in [2.45, 2.75) is 51.0 Å². The standard InChI is InChI=1S/C21H29N3O2S/c1-16-14-27-19(23-16)24-18(25)13-22-11-9-21(17-7-5-4-6-8-17)10-12-26-20(2,3)15-21/h4-8,14,22H,9-13,15H2,1-3H3,(H,23,24,25). The summed E-state index contributed by atoms with van der Waals surface area (Å²) >= 11 is 1.45. The summed E-state index contributed by atoms with van der Waals surface area (Å²) in [5.41, 5.74) is 2.24. The Labute approximate surface area is 165 Å². The van der Waals surface area contributed by atoms with Crippen LogP contribution in [-0.4, -0.2) is 36.2 Å². The molecular weight excluding hydrogens is 358 g/mol. The highest BCUT2D eigenvalue weighted by Gasteiger charge is 2.41. The molecule has 1 unspecified atom stereocenters. The minimum atomic E-state index is -0.131. The molecule has 1 atom stereocenters. The van der Waals surface area contributed by atoms with Crippen molar-refractivity contribution >= 4 is 22.4 Å². The lowest BCUT2D eigenvalue weighted by molar-refractivity contribution is -0.115. The Morgan fingerprint density at radius 1 is 1.30 bits per heavy atom. The van der Waals surface area contributed by atoms with Crippen LogP contribution in [0.4, 0.5) is 5.13 Å². The second-order valence-corrected chi connectivity index (χ2v) is 8.81. The highest BCUT2D eigenvalue weighted by atomic mass is 32.1. The number of nitrogens with zero attached hydrogens (tertiary/aromatic N) is 1. The van der Waals surface area contributed by atoms with E-state index in [4.69, 9.17) is 4.74 Å². The van der Waals surface area contributed by atoms with Gasteiger partial charge in [0.15, 0.2) is 5.13 Å². The van der Waals surface area contributed by atoms with Crippen LogP contribution in [0, 0.1) is 6.92 Å². The average Bonchev–Trinajstić information content (AvgIpc) is 3.03. The zero-order valence-corrected chi connectivity index (χ0v) is 17.2. The number of aromatic nitrogens is 1. The van der Waals surface area contributed by atoms with Gasteiger partial charge >= 0.3 is 0 Å². The topological polar surface area (TPSA) is 63.2 Å². The summed E-state index contributed by atoms with van der Waals surface area (Å²) < 4.78 is 5.96. The van der Waals surface area contributed by atoms with E-state index in [1.54, 1.807) is 0 Å². The van der Waals surface area contributed by atoms with Crippen molar-refractivity contribution in [3.8, 4) is 0 Å². The summed E-state index contributed by atoms with van der Waals surface area (Å²) in [5.74, 6) is -0.0505. The first kappa shape index (κ1) is 20.0. The normalized spacial score (nSPS) is 21.7. The molecule has 0 aliphatic carbocycles. The highest BCUT2D eigenvalue weighted by molar-refractivity contribution is 7.13. The van der Waals surface area contributed by atoms with E-state index in [2.05, 4.69) is 59.8 Å². The zero-order chi connectivity index (χ0) is 19.3. The number of rotatable bonds is 7. The van der Waals surface area contributed by atoms with Gasteiger partial charge in [-0.15, -0.1) is 11.3 Å². The van der Waals surface area contributed by atoms with Crippen LogP contribution >= 0.6 is 11.3 Å². The van der Waals surface area contributed by atoms with E-state index < -0.39 is 0 Å². The van der Waals surface area contributed by atoms with Crippen molar-refractivity contribution in [1.29, 1.82) is 0 Å². The lowest BCUT2D eigenvalue weighted by atomic mass is 9.67. The third kappa shape index (κ3) is 5.37. The smallest absolute Gasteiger partial charge is 0.240 e. The summed E-state index contributed by atoms with van der Waals surface area (Å²) in [6.45, 7) is 8.11. The summed E-state index contributed by atoms with van der Waals surface area (Å²) in [5, 5.41) is 8.74. The van der Waals surface area contributed by atoms with Crippen LogP contribution in [0.1, 0.15) is 44.4 Å². The molecule has 0 saturated carbocycles. The molecule has 6 heteroatoms. The maximum Gasteiger partial charge on any atom is 0.240 e. The molecule has 0 radical (unpaired) electrons. The lowest BCUT2D eigenvalue weighted by Gasteiger charge is -2.45. The Kier molecular flexibility index (Phi) is 6.29. The molecule has 27 heavy (non-hydrogen) atoms. The first-order valence-electron chi connectivity index (χ1n) is 9.51. The quantitative estimate of drug-likeness (QED) is 0.708. The number of anilines is 1. The predicted molar refractivity (Wildman–Crippen MR) is 110 cm³/mol. The molecule has 2 N–H and O–H groups in total. The van der Waals surface area contributed by atoms with Crippen LogP contribution in [0.25, 0.3) is 0 Å². The number of hydrogen-bond donors (Lipinski definition) is 2. The van der Waals surface area contributed by atoms with Crippen molar-refractivity contribution in [1.82, 2.24) is 10.3 Å². The Balaban J connectivity index is 1.56. The molecule has 1 aromatic heterocycles. The Morgan fingerprint density at radius 3 is 2.74 bits per heavy atom. The van der Waals surface area contributed by atoms with E-state index in [0.29, 0.717) is 11.7 Å². The van der Waals surface area contributed by atoms with Crippen LogP contribution in [0.3, 0.4) is 0 Å².